The number of alkyl carbamates (subject to hydrolysis) is 1. The smallest absolute Gasteiger partial charge is 0.406 e. The maximum atomic E-state index is 10.8. The van der Waals surface area contributed by atoms with E-state index < -0.39 is 6.09 Å². The average molecular weight is 189 g/mol. The van der Waals surface area contributed by atoms with E-state index in [1.807, 2.05) is 13.8 Å². The number of aliphatic hydroxyl groups is 1. The van der Waals surface area contributed by atoms with Crippen molar-refractivity contribution < 1.29 is 14.6 Å². The van der Waals surface area contributed by atoms with E-state index in [0.717, 1.165) is 12.8 Å². The van der Waals surface area contributed by atoms with Crippen LogP contribution in [0.1, 0.15) is 26.7 Å². The fraction of sp³-hybridized carbons (Fsp3) is 0.889. The molecule has 0 rings (SSSR count). The highest BCUT2D eigenvalue weighted by Crippen LogP contribution is 2.22. The van der Waals surface area contributed by atoms with Crippen LogP contribution in [-0.4, -0.2) is 31.5 Å². The Morgan fingerprint density at radius 2 is 2.23 bits per heavy atom. The highest BCUT2D eigenvalue weighted by atomic mass is 16.5. The third-order valence-corrected chi connectivity index (χ3v) is 1.99. The molecule has 0 aromatic rings. The van der Waals surface area contributed by atoms with Crippen LogP contribution < -0.4 is 5.32 Å². The van der Waals surface area contributed by atoms with Crippen molar-refractivity contribution in [2.24, 2.45) is 5.41 Å². The Morgan fingerprint density at radius 3 is 2.62 bits per heavy atom. The van der Waals surface area contributed by atoms with Crippen LogP contribution in [-0.2, 0) is 4.74 Å². The molecule has 0 saturated carbocycles. The van der Waals surface area contributed by atoms with Gasteiger partial charge in [0.1, 0.15) is 6.61 Å². The molecule has 2 N–H and O–H groups in total. The molecular formula is C9H19NO3. The van der Waals surface area contributed by atoms with Crippen molar-refractivity contribution in [2.75, 3.05) is 20.3 Å². The first-order chi connectivity index (χ1) is 6.08. The van der Waals surface area contributed by atoms with Gasteiger partial charge in [0.15, 0.2) is 0 Å². The third-order valence-electron chi connectivity index (χ3n) is 1.99. The highest BCUT2D eigenvalue weighted by molar-refractivity contribution is 5.66. The maximum Gasteiger partial charge on any atom is 0.406 e. The van der Waals surface area contributed by atoms with Crippen LogP contribution in [0.2, 0.25) is 0 Å². The normalized spacial score (nSPS) is 14.8. The Labute approximate surface area is 79.3 Å². The predicted octanol–water partition coefficient (Wildman–Crippen LogP) is 1.14. The lowest BCUT2D eigenvalue weighted by Gasteiger charge is -2.25. The van der Waals surface area contributed by atoms with E-state index in [-0.39, 0.29) is 18.6 Å². The summed E-state index contributed by atoms with van der Waals surface area (Å²) >= 11 is 0. The van der Waals surface area contributed by atoms with Gasteiger partial charge in [-0.1, -0.05) is 20.3 Å². The molecule has 0 bridgehead atoms. The summed E-state index contributed by atoms with van der Waals surface area (Å²) in [6.45, 7) is 4.24. The van der Waals surface area contributed by atoms with Gasteiger partial charge in [-0.15, -0.1) is 0 Å². The molecule has 0 aliphatic carbocycles. The molecular weight excluding hydrogens is 170 g/mol. The molecule has 1 amide bonds. The topological polar surface area (TPSA) is 58.6 Å². The number of nitrogens with one attached hydrogen (secondary N) is 1. The molecule has 0 heterocycles. The number of carbonyl (C=O) groups excluding carboxylic acids is 1. The van der Waals surface area contributed by atoms with Crippen LogP contribution in [0, 0.1) is 5.41 Å². The molecule has 0 aliphatic rings. The van der Waals surface area contributed by atoms with Gasteiger partial charge in [-0.2, -0.15) is 0 Å². The lowest BCUT2D eigenvalue weighted by atomic mass is 9.88. The summed E-state index contributed by atoms with van der Waals surface area (Å²) in [5.74, 6) is 0. The van der Waals surface area contributed by atoms with Crippen LogP contribution in [0.4, 0.5) is 4.79 Å². The maximum absolute atomic E-state index is 10.8. The second-order valence-corrected chi connectivity index (χ2v) is 3.54. The second-order valence-electron chi connectivity index (χ2n) is 3.54. The molecule has 0 radical (unpaired) electrons. The fourth-order valence-electron chi connectivity index (χ4n) is 1.11. The van der Waals surface area contributed by atoms with Gasteiger partial charge < -0.3 is 15.2 Å². The average Bonchev–Trinajstić information content (AvgIpc) is 2.15. The van der Waals surface area contributed by atoms with Gasteiger partial charge in [0.25, 0.3) is 0 Å². The largest absolute Gasteiger partial charge is 0.449 e. The molecule has 1 unspecified atom stereocenters. The Kier molecular flexibility index (Phi) is 5.46. The Morgan fingerprint density at radius 1 is 1.62 bits per heavy atom. The molecule has 78 valence electrons. The van der Waals surface area contributed by atoms with Crippen LogP contribution in [0.3, 0.4) is 0 Å². The van der Waals surface area contributed by atoms with Crippen molar-refractivity contribution in [1.29, 1.82) is 0 Å². The van der Waals surface area contributed by atoms with Gasteiger partial charge in [-0.3, -0.25) is 0 Å². The van der Waals surface area contributed by atoms with E-state index in [4.69, 9.17) is 9.84 Å². The molecule has 4 nitrogen and oxygen atoms in total. The van der Waals surface area contributed by atoms with E-state index in [0.29, 0.717) is 0 Å². The van der Waals surface area contributed by atoms with E-state index in [2.05, 4.69) is 5.32 Å². The quantitative estimate of drug-likeness (QED) is 0.682. The van der Waals surface area contributed by atoms with Crippen molar-refractivity contribution in [3.05, 3.63) is 0 Å². The molecule has 1 atom stereocenters. The van der Waals surface area contributed by atoms with Gasteiger partial charge in [0.2, 0.25) is 0 Å². The third kappa shape index (κ3) is 4.72. The first-order valence-corrected chi connectivity index (χ1v) is 4.53. The summed E-state index contributed by atoms with van der Waals surface area (Å²) < 4.78 is 4.89. The minimum Gasteiger partial charge on any atom is -0.449 e. The summed E-state index contributed by atoms with van der Waals surface area (Å²) in [6.07, 6.45) is 1.37. The number of ether oxygens (including phenoxy) is 1. The van der Waals surface area contributed by atoms with E-state index in [1.54, 1.807) is 0 Å². The zero-order valence-corrected chi connectivity index (χ0v) is 8.59. The molecule has 0 fully saturated rings. The number of hydrogen-bond acceptors (Lipinski definition) is 3. The highest BCUT2D eigenvalue weighted by Gasteiger charge is 2.24. The number of hydrogen-bond donors (Lipinski definition) is 2. The summed E-state index contributed by atoms with van der Waals surface area (Å²) in [7, 11) is 1.51. The van der Waals surface area contributed by atoms with Crippen LogP contribution >= 0.6 is 0 Å². The molecule has 13 heavy (non-hydrogen) atoms. The van der Waals surface area contributed by atoms with Crippen LogP contribution in [0.25, 0.3) is 0 Å². The van der Waals surface area contributed by atoms with Gasteiger partial charge in [0.05, 0.1) is 6.61 Å². The number of aliphatic hydroxyl groups excluding tert-OH is 1. The van der Waals surface area contributed by atoms with Gasteiger partial charge in [-0.25, -0.2) is 4.79 Å². The molecule has 0 aromatic carbocycles. The molecule has 0 spiro atoms. The lowest BCUT2D eigenvalue weighted by Crippen LogP contribution is -2.31. The Balaban J connectivity index is 3.89. The van der Waals surface area contributed by atoms with E-state index >= 15 is 0 Å². The standard InChI is InChI=1S/C9H19NO3/c1-4-5-9(2,6-11)7-13-8(12)10-3/h11H,4-7H2,1-3H3,(H,10,12). The monoisotopic (exact) mass is 189 g/mol. The minimum absolute atomic E-state index is 0.0395. The first-order valence-electron chi connectivity index (χ1n) is 4.53. The minimum atomic E-state index is -0.448. The van der Waals surface area contributed by atoms with Crippen molar-refractivity contribution in [2.45, 2.75) is 26.7 Å². The van der Waals surface area contributed by atoms with Crippen molar-refractivity contribution in [3.63, 3.8) is 0 Å². The molecule has 0 saturated heterocycles. The summed E-state index contributed by atoms with van der Waals surface area (Å²) in [5, 5.41) is 11.5. The van der Waals surface area contributed by atoms with E-state index in [1.165, 1.54) is 7.05 Å². The summed E-state index contributed by atoms with van der Waals surface area (Å²) in [5.41, 5.74) is -0.304. The summed E-state index contributed by atoms with van der Waals surface area (Å²) in [4.78, 5) is 10.8. The van der Waals surface area contributed by atoms with Gasteiger partial charge in [-0.05, 0) is 6.42 Å². The number of carbonyl (C=O) groups is 1. The van der Waals surface area contributed by atoms with Crippen LogP contribution in [0.5, 0.6) is 0 Å². The molecule has 0 aromatic heterocycles. The second kappa shape index (κ2) is 5.80. The van der Waals surface area contributed by atoms with Gasteiger partial charge >= 0.3 is 6.09 Å². The van der Waals surface area contributed by atoms with Crippen molar-refractivity contribution >= 4 is 6.09 Å². The van der Waals surface area contributed by atoms with Crippen LogP contribution in [0.15, 0.2) is 0 Å². The molecule has 0 aliphatic heterocycles. The zero-order chi connectivity index (χ0) is 10.3. The Hall–Kier alpha value is -0.770. The fourth-order valence-corrected chi connectivity index (χ4v) is 1.11. The first kappa shape index (κ1) is 12.2. The van der Waals surface area contributed by atoms with Crippen molar-refractivity contribution in [3.8, 4) is 0 Å². The molecule has 4 heteroatoms. The van der Waals surface area contributed by atoms with Gasteiger partial charge in [0, 0.05) is 12.5 Å². The SMILES string of the molecule is CCCC(C)(CO)COC(=O)NC. The van der Waals surface area contributed by atoms with Crippen molar-refractivity contribution in [1.82, 2.24) is 5.32 Å². The number of amides is 1. The Bertz CT molecular complexity index is 161. The predicted molar refractivity (Wildman–Crippen MR) is 50.5 cm³/mol. The zero-order valence-electron chi connectivity index (χ0n) is 8.59. The van der Waals surface area contributed by atoms with E-state index in [9.17, 15) is 4.79 Å². The summed E-state index contributed by atoms with van der Waals surface area (Å²) in [6, 6.07) is 0. The number of rotatable bonds is 5. The lowest BCUT2D eigenvalue weighted by molar-refractivity contribution is 0.0442.